The second kappa shape index (κ2) is 7.60. The largest absolute Gasteiger partial charge is 0.482 e. The number of para-hydroxylation sites is 1. The number of rotatable bonds is 5. The second-order valence-electron chi connectivity index (χ2n) is 5.56. The quantitative estimate of drug-likeness (QED) is 0.596. The van der Waals surface area contributed by atoms with Crippen molar-refractivity contribution < 1.29 is 9.53 Å². The number of thiazole rings is 1. The Morgan fingerprint density at radius 3 is 2.80 bits per heavy atom. The Morgan fingerprint density at radius 1 is 1.28 bits per heavy atom. The van der Waals surface area contributed by atoms with Crippen LogP contribution in [0.5, 0.6) is 5.75 Å². The van der Waals surface area contributed by atoms with E-state index in [-0.39, 0.29) is 18.6 Å². The fourth-order valence-electron chi connectivity index (χ4n) is 2.28. The number of carbonyl (C=O) groups excluding carboxylic acids is 1. The SMILES string of the molecule is C[C@@H](c1nc2ccccc2s1)N(C)C(=O)COc1cc(Cl)ccc1Cl. The van der Waals surface area contributed by atoms with E-state index < -0.39 is 0 Å². The van der Waals surface area contributed by atoms with Gasteiger partial charge in [0.1, 0.15) is 10.8 Å². The van der Waals surface area contributed by atoms with Gasteiger partial charge in [0.05, 0.1) is 21.3 Å². The van der Waals surface area contributed by atoms with Crippen LogP contribution in [0.2, 0.25) is 10.0 Å². The summed E-state index contributed by atoms with van der Waals surface area (Å²) in [6, 6.07) is 12.7. The zero-order valence-electron chi connectivity index (χ0n) is 13.7. The molecule has 0 aliphatic carbocycles. The van der Waals surface area contributed by atoms with E-state index in [9.17, 15) is 4.79 Å². The van der Waals surface area contributed by atoms with Gasteiger partial charge in [-0.2, -0.15) is 0 Å². The fourth-order valence-corrected chi connectivity index (χ4v) is 3.68. The third-order valence-corrected chi connectivity index (χ3v) is 5.64. The first kappa shape index (κ1) is 18.0. The summed E-state index contributed by atoms with van der Waals surface area (Å²) in [7, 11) is 1.74. The Balaban J connectivity index is 1.67. The lowest BCUT2D eigenvalue weighted by Crippen LogP contribution is -2.33. The van der Waals surface area contributed by atoms with Gasteiger partial charge in [0.25, 0.3) is 5.91 Å². The first-order valence-electron chi connectivity index (χ1n) is 7.64. The van der Waals surface area contributed by atoms with Gasteiger partial charge in [-0.05, 0) is 31.2 Å². The summed E-state index contributed by atoms with van der Waals surface area (Å²) >= 11 is 13.6. The number of aromatic nitrogens is 1. The van der Waals surface area contributed by atoms with Gasteiger partial charge < -0.3 is 9.64 Å². The van der Waals surface area contributed by atoms with Gasteiger partial charge in [0.2, 0.25) is 0 Å². The Hall–Kier alpha value is -1.82. The van der Waals surface area contributed by atoms with E-state index in [1.165, 1.54) is 0 Å². The van der Waals surface area contributed by atoms with Gasteiger partial charge in [-0.15, -0.1) is 11.3 Å². The molecule has 0 aliphatic rings. The predicted octanol–water partition coefficient (Wildman–Crippen LogP) is 5.20. The van der Waals surface area contributed by atoms with Crippen LogP contribution in [-0.4, -0.2) is 29.4 Å². The molecule has 25 heavy (non-hydrogen) atoms. The minimum atomic E-state index is -0.164. The number of amides is 1. The van der Waals surface area contributed by atoms with Gasteiger partial charge in [-0.1, -0.05) is 35.3 Å². The molecule has 3 aromatic rings. The number of hydrogen-bond donors (Lipinski definition) is 0. The average Bonchev–Trinajstić information content (AvgIpc) is 3.05. The topological polar surface area (TPSA) is 42.4 Å². The summed E-state index contributed by atoms with van der Waals surface area (Å²) in [5.74, 6) is 0.228. The molecule has 4 nitrogen and oxygen atoms in total. The Kier molecular flexibility index (Phi) is 5.47. The molecule has 1 atom stereocenters. The molecule has 3 rings (SSSR count). The molecule has 0 radical (unpaired) electrons. The van der Waals surface area contributed by atoms with E-state index in [4.69, 9.17) is 27.9 Å². The molecule has 0 saturated heterocycles. The number of benzene rings is 2. The van der Waals surface area contributed by atoms with Crippen LogP contribution in [0.1, 0.15) is 18.0 Å². The number of likely N-dealkylation sites (N-methyl/N-ethyl adjacent to an activating group) is 1. The summed E-state index contributed by atoms with van der Waals surface area (Å²) in [6.45, 7) is 1.83. The summed E-state index contributed by atoms with van der Waals surface area (Å²) in [5, 5.41) is 1.81. The van der Waals surface area contributed by atoms with E-state index >= 15 is 0 Å². The zero-order chi connectivity index (χ0) is 18.0. The lowest BCUT2D eigenvalue weighted by molar-refractivity contribution is -0.134. The highest BCUT2D eigenvalue weighted by atomic mass is 35.5. The maximum atomic E-state index is 12.4. The van der Waals surface area contributed by atoms with E-state index in [0.29, 0.717) is 15.8 Å². The van der Waals surface area contributed by atoms with E-state index in [1.807, 2.05) is 31.2 Å². The van der Waals surface area contributed by atoms with Crippen molar-refractivity contribution >= 4 is 50.7 Å². The number of carbonyl (C=O) groups is 1. The number of halogens is 2. The smallest absolute Gasteiger partial charge is 0.260 e. The standard InChI is InChI=1S/C18H16Cl2N2O2S/c1-11(18-21-14-5-3-4-6-16(14)25-18)22(2)17(23)10-24-15-9-12(19)7-8-13(15)20/h3-9,11H,10H2,1-2H3/t11-/m0/s1. The Labute approximate surface area is 159 Å². The highest BCUT2D eigenvalue weighted by molar-refractivity contribution is 7.18. The third kappa shape index (κ3) is 4.06. The van der Waals surface area contributed by atoms with Crippen molar-refractivity contribution in [2.24, 2.45) is 0 Å². The highest BCUT2D eigenvalue weighted by Crippen LogP contribution is 2.30. The van der Waals surface area contributed by atoms with Crippen molar-refractivity contribution in [1.82, 2.24) is 9.88 Å². The van der Waals surface area contributed by atoms with Crippen LogP contribution in [0.15, 0.2) is 42.5 Å². The minimum Gasteiger partial charge on any atom is -0.482 e. The molecule has 2 aromatic carbocycles. The van der Waals surface area contributed by atoms with Crippen LogP contribution in [0.3, 0.4) is 0 Å². The van der Waals surface area contributed by atoms with Crippen molar-refractivity contribution in [2.45, 2.75) is 13.0 Å². The molecular formula is C18H16Cl2N2O2S. The molecule has 0 spiro atoms. The van der Waals surface area contributed by atoms with E-state index in [0.717, 1.165) is 15.2 Å². The molecular weight excluding hydrogens is 379 g/mol. The Bertz CT molecular complexity index is 880. The van der Waals surface area contributed by atoms with Gasteiger partial charge in [0.15, 0.2) is 6.61 Å². The van der Waals surface area contributed by atoms with Crippen LogP contribution in [0.4, 0.5) is 0 Å². The molecule has 0 saturated carbocycles. The third-order valence-electron chi connectivity index (χ3n) is 3.89. The normalized spacial score (nSPS) is 12.2. The predicted molar refractivity (Wildman–Crippen MR) is 103 cm³/mol. The average molecular weight is 395 g/mol. The fraction of sp³-hybridized carbons (Fsp3) is 0.222. The first-order valence-corrected chi connectivity index (χ1v) is 9.22. The van der Waals surface area contributed by atoms with Gasteiger partial charge in [-0.25, -0.2) is 4.98 Å². The minimum absolute atomic E-state index is 0.119. The van der Waals surface area contributed by atoms with Crippen LogP contribution >= 0.6 is 34.5 Å². The van der Waals surface area contributed by atoms with Crippen LogP contribution < -0.4 is 4.74 Å². The van der Waals surface area contributed by atoms with Crippen LogP contribution in [-0.2, 0) is 4.79 Å². The van der Waals surface area contributed by atoms with Crippen molar-refractivity contribution in [2.75, 3.05) is 13.7 Å². The van der Waals surface area contributed by atoms with Gasteiger partial charge >= 0.3 is 0 Å². The van der Waals surface area contributed by atoms with Crippen molar-refractivity contribution in [3.05, 3.63) is 57.5 Å². The number of nitrogens with zero attached hydrogens (tertiary/aromatic N) is 2. The number of fused-ring (bicyclic) bond motifs is 1. The van der Waals surface area contributed by atoms with Crippen molar-refractivity contribution in [3.63, 3.8) is 0 Å². The molecule has 0 fully saturated rings. The summed E-state index contributed by atoms with van der Waals surface area (Å²) in [4.78, 5) is 18.7. The molecule has 130 valence electrons. The lowest BCUT2D eigenvalue weighted by Gasteiger charge is -2.23. The molecule has 1 aromatic heterocycles. The molecule has 0 aliphatic heterocycles. The Morgan fingerprint density at radius 2 is 2.04 bits per heavy atom. The molecule has 1 heterocycles. The van der Waals surface area contributed by atoms with Gasteiger partial charge in [0, 0.05) is 18.1 Å². The first-order chi connectivity index (χ1) is 12.0. The monoisotopic (exact) mass is 394 g/mol. The van der Waals surface area contributed by atoms with Crippen LogP contribution in [0, 0.1) is 0 Å². The maximum absolute atomic E-state index is 12.4. The van der Waals surface area contributed by atoms with Crippen LogP contribution in [0.25, 0.3) is 10.2 Å². The van der Waals surface area contributed by atoms with Crippen molar-refractivity contribution in [3.8, 4) is 5.75 Å². The summed E-state index contributed by atoms with van der Waals surface area (Å²) in [6.07, 6.45) is 0. The molecule has 0 bridgehead atoms. The summed E-state index contributed by atoms with van der Waals surface area (Å²) < 4.78 is 6.62. The van der Waals surface area contributed by atoms with Gasteiger partial charge in [-0.3, -0.25) is 4.79 Å². The number of ether oxygens (including phenoxy) is 1. The van der Waals surface area contributed by atoms with Crippen molar-refractivity contribution in [1.29, 1.82) is 0 Å². The number of hydrogen-bond acceptors (Lipinski definition) is 4. The van der Waals surface area contributed by atoms with E-state index in [1.54, 1.807) is 41.5 Å². The zero-order valence-corrected chi connectivity index (χ0v) is 16.0. The molecule has 0 N–H and O–H groups in total. The molecule has 0 unspecified atom stereocenters. The summed E-state index contributed by atoms with van der Waals surface area (Å²) in [5.41, 5.74) is 0.942. The molecule has 1 amide bonds. The lowest BCUT2D eigenvalue weighted by atomic mass is 10.3. The molecule has 7 heteroatoms. The second-order valence-corrected chi connectivity index (χ2v) is 7.47. The maximum Gasteiger partial charge on any atom is 0.260 e. The van der Waals surface area contributed by atoms with E-state index in [2.05, 4.69) is 4.98 Å². The highest BCUT2D eigenvalue weighted by Gasteiger charge is 2.21.